The Kier molecular flexibility index (Phi) is 7.01. The van der Waals surface area contributed by atoms with Crippen molar-refractivity contribution in [1.82, 2.24) is 10.2 Å². The normalized spacial score (nSPS) is 32.7. The third-order valence-electron chi connectivity index (χ3n) is 6.08. The van der Waals surface area contributed by atoms with Crippen LogP contribution in [0, 0.1) is 17.8 Å². The molecule has 0 bridgehead atoms. The van der Waals surface area contributed by atoms with E-state index < -0.39 is 0 Å². The molecule has 1 N–H and O–H groups in total. The molecule has 1 heterocycles. The van der Waals surface area contributed by atoms with Crippen molar-refractivity contribution >= 4 is 0 Å². The van der Waals surface area contributed by atoms with Gasteiger partial charge in [-0.3, -0.25) is 4.90 Å². The maximum absolute atomic E-state index is 3.79. The minimum absolute atomic E-state index is 0.743. The number of hydrogen-bond acceptors (Lipinski definition) is 2. The first-order chi connectivity index (χ1) is 10.2. The zero-order valence-corrected chi connectivity index (χ0v) is 14.9. The first kappa shape index (κ1) is 17.3. The van der Waals surface area contributed by atoms with Crippen molar-refractivity contribution in [2.75, 3.05) is 19.6 Å². The van der Waals surface area contributed by atoms with E-state index in [0.29, 0.717) is 0 Å². The smallest absolute Gasteiger partial charge is 0.0252 e. The average molecular weight is 295 g/mol. The molecule has 21 heavy (non-hydrogen) atoms. The Morgan fingerprint density at radius 3 is 2.33 bits per heavy atom. The molecule has 0 aromatic rings. The summed E-state index contributed by atoms with van der Waals surface area (Å²) >= 11 is 0. The van der Waals surface area contributed by atoms with Crippen LogP contribution in [-0.4, -0.2) is 36.6 Å². The average Bonchev–Trinajstić information content (AvgIpc) is 2.49. The van der Waals surface area contributed by atoms with Crippen LogP contribution in [0.3, 0.4) is 0 Å². The van der Waals surface area contributed by atoms with Gasteiger partial charge in [0.05, 0.1) is 0 Å². The highest BCUT2D eigenvalue weighted by molar-refractivity contribution is 4.93. The zero-order valence-electron chi connectivity index (χ0n) is 14.9. The highest BCUT2D eigenvalue weighted by Gasteiger charge is 2.36. The van der Waals surface area contributed by atoms with Gasteiger partial charge in [0.1, 0.15) is 0 Å². The fourth-order valence-electron chi connectivity index (χ4n) is 4.67. The molecular weight excluding hydrogens is 256 g/mol. The number of nitrogens with one attached hydrogen (secondary N) is 1. The van der Waals surface area contributed by atoms with Gasteiger partial charge in [0.25, 0.3) is 0 Å². The lowest BCUT2D eigenvalue weighted by molar-refractivity contribution is 0.0546. The van der Waals surface area contributed by atoms with Crippen LogP contribution >= 0.6 is 0 Å². The van der Waals surface area contributed by atoms with Crippen molar-refractivity contribution in [3.8, 4) is 0 Å². The molecule has 1 saturated carbocycles. The third kappa shape index (κ3) is 4.69. The molecule has 1 aliphatic heterocycles. The zero-order chi connectivity index (χ0) is 15.2. The molecule has 0 radical (unpaired) electrons. The second-order valence-corrected chi connectivity index (χ2v) is 7.82. The van der Waals surface area contributed by atoms with E-state index in [0.717, 1.165) is 36.4 Å². The predicted octanol–water partition coefficient (Wildman–Crippen LogP) is 4.30. The van der Waals surface area contributed by atoms with Gasteiger partial charge in [-0.05, 0) is 69.5 Å². The molecule has 2 nitrogen and oxygen atoms in total. The number of nitrogens with zero attached hydrogens (tertiary/aromatic N) is 1. The molecule has 3 unspecified atom stereocenters. The van der Waals surface area contributed by atoms with Crippen LogP contribution in [0.5, 0.6) is 0 Å². The van der Waals surface area contributed by atoms with E-state index in [9.17, 15) is 0 Å². The Bertz CT molecular complexity index is 281. The van der Waals surface area contributed by atoms with Crippen LogP contribution in [0.4, 0.5) is 0 Å². The molecular formula is C19H38N2. The lowest BCUT2D eigenvalue weighted by Gasteiger charge is -2.46. The lowest BCUT2D eigenvalue weighted by atomic mass is 9.75. The summed E-state index contributed by atoms with van der Waals surface area (Å²) < 4.78 is 0. The molecule has 2 fully saturated rings. The quantitative estimate of drug-likeness (QED) is 0.785. The van der Waals surface area contributed by atoms with Gasteiger partial charge in [0, 0.05) is 12.1 Å². The molecule has 0 amide bonds. The van der Waals surface area contributed by atoms with Crippen molar-refractivity contribution in [3.63, 3.8) is 0 Å². The highest BCUT2D eigenvalue weighted by Crippen LogP contribution is 2.35. The molecule has 0 aromatic heterocycles. The molecule has 1 saturated heterocycles. The van der Waals surface area contributed by atoms with E-state index in [1.54, 1.807) is 0 Å². The number of likely N-dealkylation sites (N-methyl/N-ethyl adjacent to an activating group) is 1. The summed E-state index contributed by atoms with van der Waals surface area (Å²) in [4.78, 5) is 2.84. The van der Waals surface area contributed by atoms with Gasteiger partial charge < -0.3 is 5.32 Å². The number of hydrogen-bond donors (Lipinski definition) is 1. The predicted molar refractivity (Wildman–Crippen MR) is 92.6 cm³/mol. The molecule has 0 spiro atoms. The SMILES string of the molecule is CCCC1CCN(C2CC(C(C)C)CCC2NCC)CC1. The van der Waals surface area contributed by atoms with Gasteiger partial charge in [-0.15, -0.1) is 0 Å². The van der Waals surface area contributed by atoms with Crippen LogP contribution in [-0.2, 0) is 0 Å². The van der Waals surface area contributed by atoms with Gasteiger partial charge in [0.15, 0.2) is 0 Å². The molecule has 124 valence electrons. The lowest BCUT2D eigenvalue weighted by Crippen LogP contribution is -2.55. The standard InChI is InChI=1S/C19H38N2/c1-5-7-16-10-12-21(13-11-16)19-14-17(15(3)4)8-9-18(19)20-6-2/h15-20H,5-14H2,1-4H3. The van der Waals surface area contributed by atoms with Crippen LogP contribution < -0.4 is 5.32 Å². The van der Waals surface area contributed by atoms with Crippen molar-refractivity contribution in [1.29, 1.82) is 0 Å². The van der Waals surface area contributed by atoms with Crippen LogP contribution in [0.15, 0.2) is 0 Å². The van der Waals surface area contributed by atoms with Crippen LogP contribution in [0.1, 0.15) is 72.6 Å². The van der Waals surface area contributed by atoms with Crippen molar-refractivity contribution in [2.24, 2.45) is 17.8 Å². The van der Waals surface area contributed by atoms with E-state index in [-0.39, 0.29) is 0 Å². The summed E-state index contributed by atoms with van der Waals surface area (Å²) in [6, 6.07) is 1.54. The van der Waals surface area contributed by atoms with E-state index in [2.05, 4.69) is 37.9 Å². The Labute approximate surface area is 133 Å². The van der Waals surface area contributed by atoms with Crippen molar-refractivity contribution in [3.05, 3.63) is 0 Å². The largest absolute Gasteiger partial charge is 0.313 e. The molecule has 3 atom stereocenters. The summed E-state index contributed by atoms with van der Waals surface area (Å²) in [6.45, 7) is 13.3. The van der Waals surface area contributed by atoms with Gasteiger partial charge in [0.2, 0.25) is 0 Å². The van der Waals surface area contributed by atoms with Crippen molar-refractivity contribution < 1.29 is 0 Å². The number of piperidine rings is 1. The maximum Gasteiger partial charge on any atom is 0.0252 e. The van der Waals surface area contributed by atoms with E-state index in [1.165, 1.54) is 58.0 Å². The molecule has 2 heteroatoms. The highest BCUT2D eigenvalue weighted by atomic mass is 15.2. The fraction of sp³-hybridized carbons (Fsp3) is 1.00. The maximum atomic E-state index is 3.79. The summed E-state index contributed by atoms with van der Waals surface area (Å²) in [7, 11) is 0. The summed E-state index contributed by atoms with van der Waals surface area (Å²) in [5.41, 5.74) is 0. The van der Waals surface area contributed by atoms with Crippen LogP contribution in [0.2, 0.25) is 0 Å². The summed E-state index contributed by atoms with van der Waals surface area (Å²) in [5, 5.41) is 3.79. The fourth-order valence-corrected chi connectivity index (χ4v) is 4.67. The molecule has 2 rings (SSSR count). The first-order valence-electron chi connectivity index (χ1n) is 9.63. The van der Waals surface area contributed by atoms with E-state index in [4.69, 9.17) is 0 Å². The minimum atomic E-state index is 0.743. The topological polar surface area (TPSA) is 15.3 Å². The number of rotatable bonds is 6. The second-order valence-electron chi connectivity index (χ2n) is 7.82. The molecule has 0 aromatic carbocycles. The van der Waals surface area contributed by atoms with Crippen LogP contribution in [0.25, 0.3) is 0 Å². The second kappa shape index (κ2) is 8.53. The van der Waals surface area contributed by atoms with Gasteiger partial charge in [-0.2, -0.15) is 0 Å². The van der Waals surface area contributed by atoms with E-state index in [1.807, 2.05) is 0 Å². The Morgan fingerprint density at radius 1 is 1.05 bits per heavy atom. The monoisotopic (exact) mass is 294 g/mol. The third-order valence-corrected chi connectivity index (χ3v) is 6.08. The molecule has 2 aliphatic rings. The van der Waals surface area contributed by atoms with Gasteiger partial charge in [-0.25, -0.2) is 0 Å². The first-order valence-corrected chi connectivity index (χ1v) is 9.63. The van der Waals surface area contributed by atoms with Gasteiger partial charge in [-0.1, -0.05) is 40.5 Å². The van der Waals surface area contributed by atoms with E-state index >= 15 is 0 Å². The minimum Gasteiger partial charge on any atom is -0.313 e. The van der Waals surface area contributed by atoms with Crippen molar-refractivity contribution in [2.45, 2.75) is 84.7 Å². The Morgan fingerprint density at radius 2 is 1.76 bits per heavy atom. The summed E-state index contributed by atoms with van der Waals surface area (Å²) in [6.07, 6.45) is 9.93. The number of likely N-dealkylation sites (tertiary alicyclic amines) is 1. The Hall–Kier alpha value is -0.0800. The summed E-state index contributed by atoms with van der Waals surface area (Å²) in [5.74, 6) is 2.80. The Balaban J connectivity index is 1.93. The van der Waals surface area contributed by atoms with Gasteiger partial charge >= 0.3 is 0 Å². The molecule has 1 aliphatic carbocycles.